The van der Waals surface area contributed by atoms with Crippen molar-refractivity contribution in [1.29, 1.82) is 5.26 Å². The molecule has 298 valence electrons. The Bertz CT molecular complexity index is 3580. The van der Waals surface area contributed by atoms with E-state index in [4.69, 9.17) is 19.7 Å². The molecule has 64 heavy (non-hydrogen) atoms. The van der Waals surface area contributed by atoms with Gasteiger partial charge in [-0.3, -0.25) is 0 Å². The first-order valence-corrected chi connectivity index (χ1v) is 21.4. The van der Waals surface area contributed by atoms with E-state index in [1.165, 1.54) is 26.9 Å². The normalized spacial score (nSPS) is 12.6. The van der Waals surface area contributed by atoms with Gasteiger partial charge in [0.05, 0.1) is 17.0 Å². The number of benzene rings is 10. The van der Waals surface area contributed by atoms with Crippen molar-refractivity contribution in [3.8, 4) is 62.9 Å². The van der Waals surface area contributed by atoms with Crippen LogP contribution in [-0.2, 0) is 5.41 Å². The number of rotatable bonds is 6. The average molecular weight is 817 g/mol. The molecule has 0 saturated carbocycles. The molecule has 5 nitrogen and oxygen atoms in total. The maximum Gasteiger partial charge on any atom is 0.164 e. The summed E-state index contributed by atoms with van der Waals surface area (Å²) in [6.07, 6.45) is 0. The Morgan fingerprint density at radius 2 is 0.859 bits per heavy atom. The van der Waals surface area contributed by atoms with Gasteiger partial charge in [-0.05, 0) is 91.5 Å². The predicted octanol–water partition coefficient (Wildman–Crippen LogP) is 14.4. The third-order valence-electron chi connectivity index (χ3n) is 12.7. The Kier molecular flexibility index (Phi) is 8.70. The third kappa shape index (κ3) is 5.89. The maximum absolute atomic E-state index is 9.60. The van der Waals surface area contributed by atoms with Crippen LogP contribution in [0, 0.1) is 11.3 Å². The Labute approximate surface area is 370 Å². The first kappa shape index (κ1) is 37.1. The summed E-state index contributed by atoms with van der Waals surface area (Å²) in [6, 6.07) is 78.0. The van der Waals surface area contributed by atoms with Crippen molar-refractivity contribution in [2.45, 2.75) is 5.41 Å². The highest BCUT2D eigenvalue weighted by atomic mass is 16.5. The molecule has 0 saturated heterocycles. The van der Waals surface area contributed by atoms with E-state index < -0.39 is 5.41 Å². The van der Waals surface area contributed by atoms with Crippen LogP contribution in [0.4, 0.5) is 0 Å². The number of aromatic nitrogens is 3. The lowest BCUT2D eigenvalue weighted by Crippen LogP contribution is -2.34. The van der Waals surface area contributed by atoms with Gasteiger partial charge in [0.25, 0.3) is 0 Å². The van der Waals surface area contributed by atoms with Crippen LogP contribution in [0.2, 0.25) is 0 Å². The predicted molar refractivity (Wildman–Crippen MR) is 257 cm³/mol. The zero-order valence-corrected chi connectivity index (χ0v) is 34.5. The van der Waals surface area contributed by atoms with Crippen molar-refractivity contribution < 1.29 is 4.74 Å². The average Bonchev–Trinajstić information content (AvgIpc) is 3.38. The molecule has 0 aliphatic carbocycles. The first-order valence-electron chi connectivity index (χ1n) is 21.4. The lowest BCUT2D eigenvalue weighted by Gasteiger charge is -2.42. The van der Waals surface area contributed by atoms with Crippen LogP contribution in [0.25, 0.3) is 77.6 Å². The van der Waals surface area contributed by atoms with Gasteiger partial charge in [-0.25, -0.2) is 15.0 Å². The fraction of sp³-hybridized carbons (Fsp3) is 0.0169. The molecule has 0 fully saturated rings. The van der Waals surface area contributed by atoms with Crippen molar-refractivity contribution in [2.75, 3.05) is 0 Å². The van der Waals surface area contributed by atoms with E-state index in [9.17, 15) is 5.26 Å². The van der Waals surface area contributed by atoms with Crippen molar-refractivity contribution >= 4 is 32.3 Å². The molecule has 1 aromatic heterocycles. The quantitative estimate of drug-likeness (QED) is 0.156. The number of nitriles is 1. The van der Waals surface area contributed by atoms with E-state index >= 15 is 0 Å². The Hall–Kier alpha value is -8.72. The Morgan fingerprint density at radius 3 is 1.50 bits per heavy atom. The minimum absolute atomic E-state index is 0.519. The lowest BCUT2D eigenvalue weighted by atomic mass is 9.63. The third-order valence-corrected chi connectivity index (χ3v) is 12.7. The monoisotopic (exact) mass is 816 g/mol. The zero-order valence-electron chi connectivity index (χ0n) is 34.5. The molecule has 0 N–H and O–H groups in total. The molecule has 2 heterocycles. The second kappa shape index (κ2) is 15.0. The zero-order chi connectivity index (χ0) is 42.6. The first-order chi connectivity index (χ1) is 31.7. The molecule has 0 radical (unpaired) electrons. The smallest absolute Gasteiger partial charge is 0.164 e. The van der Waals surface area contributed by atoms with Gasteiger partial charge in [0.1, 0.15) is 11.5 Å². The Morgan fingerprint density at radius 1 is 0.375 bits per heavy atom. The van der Waals surface area contributed by atoms with Crippen LogP contribution in [0.5, 0.6) is 11.5 Å². The van der Waals surface area contributed by atoms with Crippen LogP contribution in [0.3, 0.4) is 0 Å². The molecule has 0 atom stereocenters. The topological polar surface area (TPSA) is 71.7 Å². The van der Waals surface area contributed by atoms with Gasteiger partial charge in [0.2, 0.25) is 0 Å². The number of hydrogen-bond acceptors (Lipinski definition) is 5. The Balaban J connectivity index is 1.05. The van der Waals surface area contributed by atoms with Gasteiger partial charge >= 0.3 is 0 Å². The molecular formula is C59H36N4O. The molecule has 0 spiro atoms. The van der Waals surface area contributed by atoms with E-state index in [-0.39, 0.29) is 0 Å². The number of fused-ring (bicyclic) bond motifs is 8. The van der Waals surface area contributed by atoms with Crippen molar-refractivity contribution in [3.05, 3.63) is 246 Å². The second-order valence-corrected chi connectivity index (χ2v) is 16.2. The lowest BCUT2D eigenvalue weighted by molar-refractivity contribution is 0.436. The van der Waals surface area contributed by atoms with Crippen molar-refractivity contribution in [1.82, 2.24) is 15.0 Å². The fourth-order valence-electron chi connectivity index (χ4n) is 9.78. The second-order valence-electron chi connectivity index (χ2n) is 16.2. The van der Waals surface area contributed by atoms with Crippen molar-refractivity contribution in [3.63, 3.8) is 0 Å². The number of hydrogen-bond donors (Lipinski definition) is 0. The summed E-state index contributed by atoms with van der Waals surface area (Å²) in [5.74, 6) is 3.23. The number of ether oxygens (including phenoxy) is 1. The summed E-state index contributed by atoms with van der Waals surface area (Å²) in [5.41, 5.74) is 8.83. The van der Waals surface area contributed by atoms with Crippen LogP contribution in [0.15, 0.2) is 218 Å². The molecule has 0 unspecified atom stereocenters. The van der Waals surface area contributed by atoms with Gasteiger partial charge in [-0.1, -0.05) is 176 Å². The molecule has 11 aromatic rings. The van der Waals surface area contributed by atoms with Gasteiger partial charge in [-0.2, -0.15) is 5.26 Å². The molecule has 10 aromatic carbocycles. The summed E-state index contributed by atoms with van der Waals surface area (Å²) >= 11 is 0. The highest BCUT2D eigenvalue weighted by molar-refractivity contribution is 6.25. The minimum atomic E-state index is -0.642. The van der Waals surface area contributed by atoms with E-state index in [0.29, 0.717) is 23.0 Å². The molecule has 0 bridgehead atoms. The minimum Gasteiger partial charge on any atom is -0.456 e. The standard InChI is InChI=1S/C59H36N4O/c60-37-38-29-31-39(32-30-38)56-61-57(63-58(62-56)42-33-34-50-48-23-8-7-21-46(48)47-22-9-10-24-49(47)51(50)36-42)41-16-13-15-40(35-41)45-25-14-27-53-55(45)64-54-28-12-11-26-52(54)59(53,43-17-3-1-4-18-43)44-19-5-2-6-20-44/h1-36H. The van der Waals surface area contributed by atoms with Gasteiger partial charge in [-0.15, -0.1) is 0 Å². The summed E-state index contributed by atoms with van der Waals surface area (Å²) < 4.78 is 7.01. The van der Waals surface area contributed by atoms with Crippen LogP contribution in [0.1, 0.15) is 27.8 Å². The van der Waals surface area contributed by atoms with E-state index in [2.05, 4.69) is 194 Å². The largest absolute Gasteiger partial charge is 0.456 e. The molecule has 12 rings (SSSR count). The summed E-state index contributed by atoms with van der Waals surface area (Å²) in [7, 11) is 0. The molecule has 1 aliphatic rings. The maximum atomic E-state index is 9.60. The highest BCUT2D eigenvalue weighted by Gasteiger charge is 2.45. The summed E-state index contributed by atoms with van der Waals surface area (Å²) in [5, 5.41) is 16.7. The van der Waals surface area contributed by atoms with Gasteiger partial charge < -0.3 is 4.74 Å². The molecular weight excluding hydrogens is 781 g/mol. The number of para-hydroxylation sites is 2. The van der Waals surface area contributed by atoms with Crippen LogP contribution in [-0.4, -0.2) is 15.0 Å². The number of nitrogens with zero attached hydrogens (tertiary/aromatic N) is 4. The summed E-state index contributed by atoms with van der Waals surface area (Å²) in [6.45, 7) is 0. The molecule has 1 aliphatic heterocycles. The van der Waals surface area contributed by atoms with E-state index in [1.807, 2.05) is 18.2 Å². The fourth-order valence-corrected chi connectivity index (χ4v) is 9.78. The SMILES string of the molecule is N#Cc1ccc(-c2nc(-c3cccc(-c4cccc5c4Oc4ccccc4C5(c4ccccc4)c4ccccc4)c3)nc(-c3ccc4c5ccccc5c5ccccc5c4c3)n2)cc1. The molecule has 5 heteroatoms. The summed E-state index contributed by atoms with van der Waals surface area (Å²) in [4.78, 5) is 15.5. The van der Waals surface area contributed by atoms with Gasteiger partial charge in [0, 0.05) is 33.4 Å². The highest BCUT2D eigenvalue weighted by Crippen LogP contribution is 2.57. The van der Waals surface area contributed by atoms with Crippen LogP contribution >= 0.6 is 0 Å². The van der Waals surface area contributed by atoms with Crippen LogP contribution < -0.4 is 4.74 Å². The van der Waals surface area contributed by atoms with Crippen molar-refractivity contribution in [2.24, 2.45) is 0 Å². The molecule has 0 amide bonds. The van der Waals surface area contributed by atoms with E-state index in [1.54, 1.807) is 12.1 Å². The van der Waals surface area contributed by atoms with E-state index in [0.717, 1.165) is 67.0 Å². The van der Waals surface area contributed by atoms with Gasteiger partial charge in [0.15, 0.2) is 17.5 Å².